The molecule has 0 spiro atoms. The number of aliphatic imine (C=N–C) groups is 1. The number of fused-ring (bicyclic) bond motifs is 2. The second kappa shape index (κ2) is 11.8. The first-order valence-electron chi connectivity index (χ1n) is 12.3. The molecule has 0 amide bonds. The molecule has 0 saturated heterocycles. The number of imidazole rings is 1. The number of pyridine rings is 1. The van der Waals surface area contributed by atoms with E-state index in [0.717, 1.165) is 44.3 Å². The Morgan fingerprint density at radius 2 is 1.80 bits per heavy atom. The summed E-state index contributed by atoms with van der Waals surface area (Å²) in [6, 6.07) is 11.7. The molecule has 0 fully saturated rings. The van der Waals surface area contributed by atoms with E-state index < -0.39 is 6.10 Å². The lowest BCUT2D eigenvalue weighted by atomic mass is 10.2. The molecule has 3 aromatic heterocycles. The zero-order chi connectivity index (χ0) is 24.6. The molecule has 9 nitrogen and oxygen atoms in total. The number of hydrogen-bond acceptors (Lipinski definition) is 7. The van der Waals surface area contributed by atoms with Gasteiger partial charge in [-0.05, 0) is 18.9 Å². The van der Waals surface area contributed by atoms with E-state index in [4.69, 9.17) is 19.9 Å². The second-order valence-corrected chi connectivity index (χ2v) is 8.66. The van der Waals surface area contributed by atoms with Crippen molar-refractivity contribution >= 4 is 34.4 Å². The predicted octanol–water partition coefficient (Wildman–Crippen LogP) is 3.96. The SMILES string of the molecule is CCCCN(C=Nc1nc(-c2ccccc2)nc2nc3c(cc12)ncn3C[C@H](O)CO)CCCC. The van der Waals surface area contributed by atoms with Gasteiger partial charge in [-0.2, -0.15) is 0 Å². The van der Waals surface area contributed by atoms with Gasteiger partial charge in [-0.1, -0.05) is 57.0 Å². The van der Waals surface area contributed by atoms with Gasteiger partial charge in [0.2, 0.25) is 0 Å². The maximum absolute atomic E-state index is 9.91. The Morgan fingerprint density at radius 1 is 1.06 bits per heavy atom. The van der Waals surface area contributed by atoms with Crippen molar-refractivity contribution in [2.75, 3.05) is 19.7 Å². The molecular formula is C26H33N7O2. The van der Waals surface area contributed by atoms with E-state index >= 15 is 0 Å². The van der Waals surface area contributed by atoms with Crippen molar-refractivity contribution in [2.45, 2.75) is 52.2 Å². The molecule has 0 unspecified atom stereocenters. The molecule has 184 valence electrons. The topological polar surface area (TPSA) is 113 Å². The summed E-state index contributed by atoms with van der Waals surface area (Å²) in [6.45, 7) is 6.14. The lowest BCUT2D eigenvalue weighted by Crippen LogP contribution is -2.24. The molecule has 4 aromatic rings. The molecule has 1 atom stereocenters. The number of aliphatic hydroxyl groups is 2. The van der Waals surface area contributed by atoms with Crippen LogP contribution in [0.25, 0.3) is 33.6 Å². The van der Waals surface area contributed by atoms with Crippen LogP contribution in [0.15, 0.2) is 47.7 Å². The molecule has 0 aliphatic rings. The minimum absolute atomic E-state index is 0.191. The Balaban J connectivity index is 1.81. The van der Waals surface area contributed by atoms with Crippen molar-refractivity contribution in [3.05, 3.63) is 42.7 Å². The molecule has 35 heavy (non-hydrogen) atoms. The monoisotopic (exact) mass is 475 g/mol. The zero-order valence-electron chi connectivity index (χ0n) is 20.4. The van der Waals surface area contributed by atoms with Gasteiger partial charge in [0, 0.05) is 18.7 Å². The van der Waals surface area contributed by atoms with E-state index in [1.54, 1.807) is 10.9 Å². The quantitative estimate of drug-likeness (QED) is 0.236. The van der Waals surface area contributed by atoms with Crippen LogP contribution in [0.3, 0.4) is 0 Å². The van der Waals surface area contributed by atoms with Crippen molar-refractivity contribution in [1.82, 2.24) is 29.4 Å². The normalized spacial score (nSPS) is 12.7. The molecule has 2 N–H and O–H groups in total. The Morgan fingerprint density at radius 3 is 2.49 bits per heavy atom. The summed E-state index contributed by atoms with van der Waals surface area (Å²) < 4.78 is 1.72. The van der Waals surface area contributed by atoms with Crippen molar-refractivity contribution in [3.63, 3.8) is 0 Å². The van der Waals surface area contributed by atoms with Gasteiger partial charge in [0.15, 0.2) is 22.9 Å². The number of nitrogens with zero attached hydrogens (tertiary/aromatic N) is 7. The fourth-order valence-corrected chi connectivity index (χ4v) is 3.83. The van der Waals surface area contributed by atoms with Crippen molar-refractivity contribution in [2.24, 2.45) is 4.99 Å². The van der Waals surface area contributed by atoms with Crippen LogP contribution < -0.4 is 0 Å². The van der Waals surface area contributed by atoms with Crippen LogP contribution in [-0.4, -0.2) is 71.8 Å². The number of rotatable bonds is 12. The third kappa shape index (κ3) is 5.98. The highest BCUT2D eigenvalue weighted by atomic mass is 16.3. The molecule has 0 bridgehead atoms. The number of hydrogen-bond donors (Lipinski definition) is 2. The molecule has 1 aromatic carbocycles. The summed E-state index contributed by atoms with van der Waals surface area (Å²) in [4.78, 5) is 25.8. The van der Waals surface area contributed by atoms with Crippen molar-refractivity contribution in [3.8, 4) is 11.4 Å². The third-order valence-corrected chi connectivity index (χ3v) is 5.83. The van der Waals surface area contributed by atoms with Crippen LogP contribution >= 0.6 is 0 Å². The van der Waals surface area contributed by atoms with Gasteiger partial charge < -0.3 is 19.7 Å². The summed E-state index contributed by atoms with van der Waals surface area (Å²) >= 11 is 0. The first kappa shape index (κ1) is 24.7. The summed E-state index contributed by atoms with van der Waals surface area (Å²) in [5.74, 6) is 1.10. The minimum atomic E-state index is -0.896. The van der Waals surface area contributed by atoms with E-state index in [2.05, 4.69) is 23.7 Å². The van der Waals surface area contributed by atoms with Crippen LogP contribution in [0, 0.1) is 0 Å². The highest BCUT2D eigenvalue weighted by Crippen LogP contribution is 2.28. The summed E-state index contributed by atoms with van der Waals surface area (Å²) in [5.41, 5.74) is 2.63. The third-order valence-electron chi connectivity index (χ3n) is 5.83. The molecule has 3 heterocycles. The van der Waals surface area contributed by atoms with Crippen molar-refractivity contribution in [1.29, 1.82) is 0 Å². The maximum Gasteiger partial charge on any atom is 0.167 e. The minimum Gasteiger partial charge on any atom is -0.394 e. The van der Waals surface area contributed by atoms with Crippen LogP contribution in [0.5, 0.6) is 0 Å². The number of benzene rings is 1. The lowest BCUT2D eigenvalue weighted by Gasteiger charge is -2.18. The summed E-state index contributed by atoms with van der Waals surface area (Å²) in [6.07, 6.45) is 7.07. The van der Waals surface area contributed by atoms with E-state index in [1.807, 2.05) is 42.7 Å². The summed E-state index contributed by atoms with van der Waals surface area (Å²) in [7, 11) is 0. The Bertz CT molecular complexity index is 1270. The number of unbranched alkanes of at least 4 members (excludes halogenated alkanes) is 2. The Hall–Kier alpha value is -3.43. The average molecular weight is 476 g/mol. The average Bonchev–Trinajstić information content (AvgIpc) is 3.28. The first-order valence-corrected chi connectivity index (χ1v) is 12.3. The Kier molecular flexibility index (Phi) is 8.33. The highest BCUT2D eigenvalue weighted by Gasteiger charge is 2.15. The molecule has 0 saturated carbocycles. The zero-order valence-corrected chi connectivity index (χ0v) is 20.4. The molecule has 0 aliphatic carbocycles. The van der Waals surface area contributed by atoms with E-state index in [9.17, 15) is 10.2 Å². The first-order chi connectivity index (χ1) is 17.1. The lowest BCUT2D eigenvalue weighted by molar-refractivity contribution is 0.0820. The fourth-order valence-electron chi connectivity index (χ4n) is 3.83. The van der Waals surface area contributed by atoms with Crippen LogP contribution in [-0.2, 0) is 6.54 Å². The van der Waals surface area contributed by atoms with E-state index in [0.29, 0.717) is 33.8 Å². The van der Waals surface area contributed by atoms with Gasteiger partial charge in [-0.3, -0.25) is 0 Å². The molecule has 9 heteroatoms. The van der Waals surface area contributed by atoms with Gasteiger partial charge in [0.1, 0.15) is 5.52 Å². The van der Waals surface area contributed by atoms with Crippen LogP contribution in [0.1, 0.15) is 39.5 Å². The molecular weight excluding hydrogens is 442 g/mol. The Labute approximate surface area is 205 Å². The van der Waals surface area contributed by atoms with Gasteiger partial charge in [-0.15, -0.1) is 0 Å². The van der Waals surface area contributed by atoms with Crippen LogP contribution in [0.4, 0.5) is 5.82 Å². The van der Waals surface area contributed by atoms with E-state index in [-0.39, 0.29) is 13.2 Å². The maximum atomic E-state index is 9.91. The molecule has 4 rings (SSSR count). The largest absolute Gasteiger partial charge is 0.394 e. The van der Waals surface area contributed by atoms with Crippen molar-refractivity contribution < 1.29 is 10.2 Å². The van der Waals surface area contributed by atoms with Gasteiger partial charge in [0.25, 0.3) is 0 Å². The standard InChI is InChI=1S/C26H33N7O2/c1-3-5-12-32(13-6-4-2)17-28-24-21-14-22-26(33(18-27-22)15-20(35)16-34)31-25(21)30-23(29-24)19-10-8-7-9-11-19/h7-11,14,17-18,20,34-35H,3-6,12-13,15-16H2,1-2H3/t20-/m0/s1. The van der Waals surface area contributed by atoms with E-state index in [1.165, 1.54) is 0 Å². The van der Waals surface area contributed by atoms with Gasteiger partial charge >= 0.3 is 0 Å². The van der Waals surface area contributed by atoms with Crippen LogP contribution in [0.2, 0.25) is 0 Å². The predicted molar refractivity (Wildman–Crippen MR) is 139 cm³/mol. The summed E-state index contributed by atoms with van der Waals surface area (Å²) in [5, 5.41) is 19.9. The second-order valence-electron chi connectivity index (χ2n) is 8.66. The van der Waals surface area contributed by atoms with Gasteiger partial charge in [-0.25, -0.2) is 24.9 Å². The smallest absolute Gasteiger partial charge is 0.167 e. The van der Waals surface area contributed by atoms with Gasteiger partial charge in [0.05, 0.1) is 37.3 Å². The molecule has 0 aliphatic heterocycles. The highest BCUT2D eigenvalue weighted by molar-refractivity contribution is 5.95. The number of aromatic nitrogens is 5. The fraction of sp³-hybridized carbons (Fsp3) is 0.423. The molecule has 0 radical (unpaired) electrons. The number of aliphatic hydroxyl groups excluding tert-OH is 2.